The van der Waals surface area contributed by atoms with Crippen molar-refractivity contribution in [2.75, 3.05) is 0 Å². The van der Waals surface area contributed by atoms with Gasteiger partial charge in [0.1, 0.15) is 0 Å². The van der Waals surface area contributed by atoms with E-state index in [-0.39, 0.29) is 14.5 Å². The van der Waals surface area contributed by atoms with E-state index in [4.69, 9.17) is 6.57 Å². The van der Waals surface area contributed by atoms with Crippen LogP contribution in [0.2, 0.25) is 0 Å². The molecule has 1 aromatic heterocycles. The molecule has 1 heterocycles. The first kappa shape index (κ1) is 17.5. The predicted octanol–water partition coefficient (Wildman–Crippen LogP) is 4.82. The van der Waals surface area contributed by atoms with Gasteiger partial charge in [-0.25, -0.2) is 0 Å². The third-order valence-electron chi connectivity index (χ3n) is 3.53. The monoisotopic (exact) mass is 414 g/mol. The topological polar surface area (TPSA) is 54.5 Å². The zero-order valence-corrected chi connectivity index (χ0v) is 16.1. The third-order valence-corrected chi connectivity index (χ3v) is 7.10. The van der Waals surface area contributed by atoms with Crippen molar-refractivity contribution < 1.29 is 9.90 Å². The Balaban J connectivity index is 1.96. The van der Waals surface area contributed by atoms with Gasteiger partial charge in [0.15, 0.2) is 0 Å². The summed E-state index contributed by atoms with van der Waals surface area (Å²) in [4.78, 5) is 21.2. The van der Waals surface area contributed by atoms with Gasteiger partial charge in [0.25, 0.3) is 0 Å². The molecular weight excluding hydrogens is 399 g/mol. The Bertz CT molecular complexity index is 1000. The zero-order chi connectivity index (χ0) is 18.0. The summed E-state index contributed by atoms with van der Waals surface area (Å²) < 4.78 is 1.14. The first-order valence-corrected chi connectivity index (χ1v) is 9.98. The van der Waals surface area contributed by atoms with Gasteiger partial charge < -0.3 is 0 Å². The van der Waals surface area contributed by atoms with Gasteiger partial charge in [-0.15, -0.1) is 0 Å². The van der Waals surface area contributed by atoms with Gasteiger partial charge >= 0.3 is 156 Å². The number of nitrogens with zero attached hydrogens (tertiary/aromatic N) is 2. The molecule has 0 aliphatic rings. The molecule has 3 rings (SSSR count). The summed E-state index contributed by atoms with van der Waals surface area (Å²) in [5.74, 6) is -0.909. The Morgan fingerprint density at radius 2 is 2.04 bits per heavy atom. The number of carbonyl (C=O) groups is 1. The van der Waals surface area contributed by atoms with Gasteiger partial charge in [0, 0.05) is 0 Å². The molecule has 0 spiro atoms. The Labute approximate surface area is 156 Å². The van der Waals surface area contributed by atoms with Crippen molar-refractivity contribution in [1.29, 1.82) is 0 Å². The van der Waals surface area contributed by atoms with Crippen molar-refractivity contribution in [3.05, 3.63) is 69.6 Å². The Kier molecular flexibility index (Phi) is 5.10. The van der Waals surface area contributed by atoms with Gasteiger partial charge in [0.05, 0.1) is 0 Å². The number of aromatic carboxylic acids is 1. The maximum absolute atomic E-state index is 11.2. The van der Waals surface area contributed by atoms with Crippen LogP contribution < -0.4 is 0 Å². The van der Waals surface area contributed by atoms with Crippen molar-refractivity contribution in [1.82, 2.24) is 4.98 Å². The molecule has 2 aromatic carbocycles. The van der Waals surface area contributed by atoms with Crippen LogP contribution in [0.5, 0.6) is 0 Å². The molecule has 6 heteroatoms. The third kappa shape index (κ3) is 3.85. The van der Waals surface area contributed by atoms with Crippen LogP contribution in [-0.4, -0.2) is 30.6 Å². The molecule has 124 valence electrons. The van der Waals surface area contributed by atoms with Gasteiger partial charge in [-0.1, -0.05) is 0 Å². The second-order valence-corrected chi connectivity index (χ2v) is 8.66. The number of carboxylic acid groups (broad SMARTS) is 1. The van der Waals surface area contributed by atoms with Gasteiger partial charge in [-0.3, -0.25) is 0 Å². The van der Waals surface area contributed by atoms with Gasteiger partial charge in [0.2, 0.25) is 0 Å². The molecule has 3 aromatic rings. The van der Waals surface area contributed by atoms with Crippen LogP contribution in [0.1, 0.15) is 20.5 Å². The van der Waals surface area contributed by atoms with Crippen LogP contribution in [0.25, 0.3) is 15.0 Å². The molecule has 4 nitrogen and oxygen atoms in total. The van der Waals surface area contributed by atoms with E-state index in [2.05, 4.69) is 15.9 Å². The second-order valence-electron chi connectivity index (χ2n) is 5.45. The quantitative estimate of drug-likeness (QED) is 0.492. The summed E-state index contributed by atoms with van der Waals surface area (Å²) in [6.07, 6.45) is 0. The summed E-state index contributed by atoms with van der Waals surface area (Å²) in [7, 11) is 0. The average Bonchev–Trinajstić information content (AvgIpc) is 2.97. The normalized spacial score (nSPS) is 10.4. The molecule has 1 N–H and O–H groups in total. The van der Waals surface area contributed by atoms with E-state index >= 15 is 0 Å². The number of rotatable bonds is 4. The molecule has 0 bridgehead atoms. The van der Waals surface area contributed by atoms with Crippen LogP contribution in [0.3, 0.4) is 0 Å². The fourth-order valence-electron chi connectivity index (χ4n) is 2.35. The fraction of sp³-hybridized carbons (Fsp3) is 0.105. The molecule has 0 aliphatic heterocycles. The molecule has 0 aliphatic carbocycles. The fourth-order valence-corrected chi connectivity index (χ4v) is 5.23. The number of hydrogen-bond donors (Lipinski definition) is 1. The number of aryl methyl sites for hydroxylation is 2. The standard InChI is InChI=1S/C19H14N2O2SSe/c1-11-5-4-6-14(9-11)24-16-8-7-13(10-15(16)20-3)18-21-12(2)17(25-18)19(22)23/h4-10H,1-2H3,(H,22,23). The van der Waals surface area contributed by atoms with Crippen LogP contribution in [0.4, 0.5) is 5.69 Å². The van der Waals surface area contributed by atoms with E-state index in [0.717, 1.165) is 19.9 Å². The molecular formula is C19H14N2O2SSe. The summed E-state index contributed by atoms with van der Waals surface area (Å²) in [6, 6.07) is 13.8. The molecule has 0 saturated heterocycles. The average molecular weight is 413 g/mol. The van der Waals surface area contributed by atoms with Crippen molar-refractivity contribution >= 4 is 37.9 Å². The van der Waals surface area contributed by atoms with E-state index in [0.29, 0.717) is 15.8 Å². The van der Waals surface area contributed by atoms with Crippen molar-refractivity contribution in [2.45, 2.75) is 23.6 Å². The first-order valence-electron chi connectivity index (χ1n) is 7.45. The van der Waals surface area contributed by atoms with Crippen LogP contribution in [0, 0.1) is 20.4 Å². The van der Waals surface area contributed by atoms with Crippen molar-refractivity contribution in [3.63, 3.8) is 0 Å². The van der Waals surface area contributed by atoms with E-state index in [1.165, 1.54) is 5.56 Å². The van der Waals surface area contributed by atoms with Crippen LogP contribution >= 0.6 is 11.8 Å². The minimum absolute atomic E-state index is 0.333. The summed E-state index contributed by atoms with van der Waals surface area (Å²) in [5.41, 5.74) is 3.13. The Hall–Kier alpha value is -2.32. The number of aromatic nitrogens is 1. The van der Waals surface area contributed by atoms with E-state index in [1.807, 2.05) is 43.3 Å². The molecule has 0 amide bonds. The van der Waals surface area contributed by atoms with Crippen molar-refractivity contribution in [3.8, 4) is 10.1 Å². The maximum atomic E-state index is 11.2. The second kappa shape index (κ2) is 7.28. The number of benzene rings is 2. The first-order chi connectivity index (χ1) is 12.0. The Morgan fingerprint density at radius 1 is 1.24 bits per heavy atom. The molecule has 25 heavy (non-hydrogen) atoms. The molecule has 0 unspecified atom stereocenters. The molecule has 0 atom stereocenters. The van der Waals surface area contributed by atoms with E-state index in [1.54, 1.807) is 18.7 Å². The summed E-state index contributed by atoms with van der Waals surface area (Å²) >= 11 is 1.22. The van der Waals surface area contributed by atoms with Crippen molar-refractivity contribution in [2.24, 2.45) is 0 Å². The molecule has 0 saturated carbocycles. The number of hydrogen-bond acceptors (Lipinski definition) is 3. The number of carboxylic acids is 1. The zero-order valence-electron chi connectivity index (χ0n) is 13.6. The molecule has 0 fully saturated rings. The predicted molar refractivity (Wildman–Crippen MR) is 99.9 cm³/mol. The molecule has 0 radical (unpaired) electrons. The minimum atomic E-state index is -0.909. The summed E-state index contributed by atoms with van der Waals surface area (Å²) in [5, 5.41) is 9.21. The van der Waals surface area contributed by atoms with Crippen LogP contribution in [-0.2, 0) is 0 Å². The van der Waals surface area contributed by atoms with Crippen LogP contribution in [0.15, 0.2) is 52.3 Å². The summed E-state index contributed by atoms with van der Waals surface area (Å²) in [6.45, 7) is 11.2. The Morgan fingerprint density at radius 3 is 2.68 bits per heavy atom. The van der Waals surface area contributed by atoms with Gasteiger partial charge in [-0.2, -0.15) is 0 Å². The van der Waals surface area contributed by atoms with Gasteiger partial charge in [-0.05, 0) is 0 Å². The van der Waals surface area contributed by atoms with E-state index in [9.17, 15) is 9.90 Å². The van der Waals surface area contributed by atoms with E-state index < -0.39 is 5.97 Å². The SMILES string of the molecule is [C-]#[N+]c1cc(-c2nc(C)c(C(=O)O)[se]2)ccc1Sc1cccc(C)c1.